The zero-order valence-electron chi connectivity index (χ0n) is 10.6. The van der Waals surface area contributed by atoms with Crippen LogP contribution in [0.15, 0.2) is 24.3 Å². The second-order valence-electron chi connectivity index (χ2n) is 4.01. The fourth-order valence-corrected chi connectivity index (χ4v) is 1.69. The molecule has 3 N–H and O–H groups in total. The zero-order chi connectivity index (χ0) is 15.0. The Kier molecular flexibility index (Phi) is 6.50. The minimum Gasteiger partial charge on any atom is -0.480 e. The Morgan fingerprint density at radius 3 is 2.50 bits per heavy atom. The molecule has 20 heavy (non-hydrogen) atoms. The molecule has 0 saturated carbocycles. The molecule has 0 bridgehead atoms. The van der Waals surface area contributed by atoms with E-state index in [1.54, 1.807) is 24.3 Å². The van der Waals surface area contributed by atoms with Crippen LogP contribution in [0.4, 0.5) is 5.69 Å². The topological polar surface area (TPSA) is 102 Å². The second kappa shape index (κ2) is 8.15. The van der Waals surface area contributed by atoms with Crippen molar-refractivity contribution in [3.63, 3.8) is 0 Å². The minimum absolute atomic E-state index is 0.151. The van der Waals surface area contributed by atoms with Crippen molar-refractivity contribution in [1.82, 2.24) is 5.32 Å². The van der Waals surface area contributed by atoms with Gasteiger partial charge in [0.15, 0.2) is 5.78 Å². The van der Waals surface area contributed by atoms with Crippen LogP contribution in [-0.4, -0.2) is 41.9 Å². The van der Waals surface area contributed by atoms with Crippen molar-refractivity contribution in [2.24, 2.45) is 0 Å². The summed E-state index contributed by atoms with van der Waals surface area (Å²) in [6.07, 6.45) is 0. The number of nitriles is 1. The maximum absolute atomic E-state index is 11.7. The number of anilines is 1. The molecule has 0 aromatic heterocycles. The molecular formula is C13H14ClN3O3. The van der Waals surface area contributed by atoms with Crippen molar-refractivity contribution in [2.75, 3.05) is 24.3 Å². The van der Waals surface area contributed by atoms with Crippen LogP contribution < -0.4 is 10.6 Å². The lowest BCUT2D eigenvalue weighted by molar-refractivity contribution is -0.136. The summed E-state index contributed by atoms with van der Waals surface area (Å²) in [6, 6.07) is 7.95. The monoisotopic (exact) mass is 295 g/mol. The van der Waals surface area contributed by atoms with Gasteiger partial charge in [0.25, 0.3) is 0 Å². The highest BCUT2D eigenvalue weighted by Crippen LogP contribution is 2.10. The van der Waals surface area contributed by atoms with Gasteiger partial charge in [0.1, 0.15) is 0 Å². The SMILES string of the molecule is N#Cc1ccc(NC(CNCC(=O)O)C(=O)CCl)cc1. The molecule has 1 aromatic rings. The number of carbonyl (C=O) groups is 2. The van der Waals surface area contributed by atoms with Gasteiger partial charge in [-0.1, -0.05) is 0 Å². The molecule has 1 unspecified atom stereocenters. The summed E-state index contributed by atoms with van der Waals surface area (Å²) in [5.41, 5.74) is 1.17. The molecule has 0 aliphatic heterocycles. The maximum atomic E-state index is 11.7. The van der Waals surface area contributed by atoms with Crippen LogP contribution in [-0.2, 0) is 9.59 Å². The summed E-state index contributed by atoms with van der Waals surface area (Å²) in [5, 5.41) is 22.8. The summed E-state index contributed by atoms with van der Waals surface area (Å²) in [5.74, 6) is -1.41. The number of ketones is 1. The van der Waals surface area contributed by atoms with Gasteiger partial charge >= 0.3 is 5.97 Å². The Labute approximate surface area is 121 Å². The third-order valence-corrected chi connectivity index (χ3v) is 2.76. The third-order valence-electron chi connectivity index (χ3n) is 2.50. The third kappa shape index (κ3) is 5.26. The number of rotatable bonds is 8. The van der Waals surface area contributed by atoms with Gasteiger partial charge in [-0.3, -0.25) is 9.59 Å². The molecule has 1 rings (SSSR count). The number of carboxylic acids is 1. The van der Waals surface area contributed by atoms with E-state index >= 15 is 0 Å². The first kappa shape index (κ1) is 16.0. The van der Waals surface area contributed by atoms with E-state index in [0.29, 0.717) is 11.3 Å². The smallest absolute Gasteiger partial charge is 0.317 e. The number of nitrogens with zero attached hydrogens (tertiary/aromatic N) is 1. The van der Waals surface area contributed by atoms with Gasteiger partial charge in [-0.05, 0) is 24.3 Å². The van der Waals surface area contributed by atoms with Gasteiger partial charge in [0.2, 0.25) is 0 Å². The fourth-order valence-electron chi connectivity index (χ4n) is 1.50. The molecule has 0 amide bonds. The number of hydrogen-bond acceptors (Lipinski definition) is 5. The molecule has 0 fully saturated rings. The normalized spacial score (nSPS) is 11.4. The summed E-state index contributed by atoms with van der Waals surface area (Å²) in [6.45, 7) is -0.0844. The van der Waals surface area contributed by atoms with E-state index in [-0.39, 0.29) is 24.8 Å². The molecule has 0 heterocycles. The van der Waals surface area contributed by atoms with Crippen molar-refractivity contribution in [1.29, 1.82) is 5.26 Å². The van der Waals surface area contributed by atoms with Gasteiger partial charge in [-0.2, -0.15) is 5.26 Å². The average Bonchev–Trinajstić information content (AvgIpc) is 2.45. The zero-order valence-corrected chi connectivity index (χ0v) is 11.4. The average molecular weight is 296 g/mol. The maximum Gasteiger partial charge on any atom is 0.317 e. The molecule has 0 radical (unpaired) electrons. The van der Waals surface area contributed by atoms with Gasteiger partial charge < -0.3 is 15.7 Å². The molecular weight excluding hydrogens is 282 g/mol. The molecule has 7 heteroatoms. The van der Waals surface area contributed by atoms with Gasteiger partial charge in [0, 0.05) is 12.2 Å². The van der Waals surface area contributed by atoms with Crippen LogP contribution in [0, 0.1) is 11.3 Å². The number of nitrogens with one attached hydrogen (secondary N) is 2. The summed E-state index contributed by atoms with van der Waals surface area (Å²) in [7, 11) is 0. The van der Waals surface area contributed by atoms with E-state index in [0.717, 1.165) is 0 Å². The molecule has 0 aliphatic carbocycles. The number of benzene rings is 1. The van der Waals surface area contributed by atoms with Crippen LogP contribution in [0.5, 0.6) is 0 Å². The lowest BCUT2D eigenvalue weighted by Crippen LogP contribution is -2.41. The molecule has 106 valence electrons. The Balaban J connectivity index is 2.65. The number of aliphatic carboxylic acids is 1. The largest absolute Gasteiger partial charge is 0.480 e. The van der Waals surface area contributed by atoms with E-state index in [1.165, 1.54) is 0 Å². The fraction of sp³-hybridized carbons (Fsp3) is 0.308. The highest BCUT2D eigenvalue weighted by atomic mass is 35.5. The van der Waals surface area contributed by atoms with Gasteiger partial charge in [0.05, 0.1) is 30.1 Å². The standard InChI is InChI=1S/C13H14ClN3O3/c14-5-12(18)11(7-16-8-13(19)20)17-10-3-1-9(6-15)2-4-10/h1-4,11,16-17H,5,7-8H2,(H,19,20). The first-order valence-electron chi connectivity index (χ1n) is 5.84. The minimum atomic E-state index is -1.000. The molecule has 1 atom stereocenters. The van der Waals surface area contributed by atoms with E-state index < -0.39 is 12.0 Å². The first-order valence-corrected chi connectivity index (χ1v) is 6.38. The van der Waals surface area contributed by atoms with E-state index in [9.17, 15) is 9.59 Å². The predicted octanol–water partition coefficient (Wildman–Crippen LogP) is 0.821. The van der Waals surface area contributed by atoms with Gasteiger partial charge in [-0.25, -0.2) is 0 Å². The van der Waals surface area contributed by atoms with Crippen molar-refractivity contribution in [3.8, 4) is 6.07 Å². The molecule has 0 aliphatic rings. The number of hydrogen-bond donors (Lipinski definition) is 3. The highest BCUT2D eigenvalue weighted by molar-refractivity contribution is 6.28. The predicted molar refractivity (Wildman–Crippen MR) is 74.8 cm³/mol. The number of Topliss-reactive ketones (excluding diaryl/α,β-unsaturated/α-hetero) is 1. The Hall–Kier alpha value is -2.10. The first-order chi connectivity index (χ1) is 9.56. The highest BCUT2D eigenvalue weighted by Gasteiger charge is 2.17. The van der Waals surface area contributed by atoms with Crippen molar-refractivity contribution in [3.05, 3.63) is 29.8 Å². The van der Waals surface area contributed by atoms with Crippen LogP contribution in [0.1, 0.15) is 5.56 Å². The van der Waals surface area contributed by atoms with Crippen LogP contribution >= 0.6 is 11.6 Å². The molecule has 1 aromatic carbocycles. The molecule has 6 nitrogen and oxygen atoms in total. The van der Waals surface area contributed by atoms with Crippen LogP contribution in [0.3, 0.4) is 0 Å². The summed E-state index contributed by atoms with van der Waals surface area (Å²) >= 11 is 5.53. The Morgan fingerprint density at radius 1 is 1.35 bits per heavy atom. The van der Waals surface area contributed by atoms with Crippen LogP contribution in [0.25, 0.3) is 0 Å². The van der Waals surface area contributed by atoms with E-state index in [1.807, 2.05) is 6.07 Å². The van der Waals surface area contributed by atoms with Crippen LogP contribution in [0.2, 0.25) is 0 Å². The number of carboxylic acid groups (broad SMARTS) is 1. The van der Waals surface area contributed by atoms with Crippen molar-refractivity contribution < 1.29 is 14.7 Å². The lowest BCUT2D eigenvalue weighted by Gasteiger charge is -2.18. The Morgan fingerprint density at radius 2 is 2.00 bits per heavy atom. The van der Waals surface area contributed by atoms with E-state index in [4.69, 9.17) is 22.0 Å². The lowest BCUT2D eigenvalue weighted by atomic mass is 10.1. The molecule has 0 spiro atoms. The Bertz CT molecular complexity index is 511. The van der Waals surface area contributed by atoms with E-state index in [2.05, 4.69) is 10.6 Å². The number of alkyl halides is 1. The second-order valence-corrected chi connectivity index (χ2v) is 4.28. The van der Waals surface area contributed by atoms with Crippen molar-refractivity contribution in [2.45, 2.75) is 6.04 Å². The number of carbonyl (C=O) groups excluding carboxylic acids is 1. The summed E-state index contributed by atoms with van der Waals surface area (Å²) in [4.78, 5) is 22.1. The summed E-state index contributed by atoms with van der Waals surface area (Å²) < 4.78 is 0. The van der Waals surface area contributed by atoms with Crippen molar-refractivity contribution >= 4 is 29.0 Å². The molecule has 0 saturated heterocycles. The van der Waals surface area contributed by atoms with Gasteiger partial charge in [-0.15, -0.1) is 11.6 Å². The quantitative estimate of drug-likeness (QED) is 0.614. The number of halogens is 1.